The van der Waals surface area contributed by atoms with Gasteiger partial charge in [-0.25, -0.2) is 0 Å². The van der Waals surface area contributed by atoms with Crippen molar-refractivity contribution in [1.29, 1.82) is 0 Å². The van der Waals surface area contributed by atoms with Crippen LogP contribution in [0.3, 0.4) is 0 Å². The SMILES string of the molecule is SCOc1ccccc1OBOc1ccccc1OCS. The molecule has 2 aromatic carbocycles. The summed E-state index contributed by atoms with van der Waals surface area (Å²) in [6.07, 6.45) is 0. The van der Waals surface area contributed by atoms with Crippen molar-refractivity contribution in [3.63, 3.8) is 0 Å². The molecule has 0 atom stereocenters. The number of thiol groups is 2. The van der Waals surface area contributed by atoms with Crippen molar-refractivity contribution in [1.82, 2.24) is 0 Å². The molecule has 0 aliphatic heterocycles. The van der Waals surface area contributed by atoms with E-state index >= 15 is 0 Å². The second kappa shape index (κ2) is 8.64. The largest absolute Gasteiger partial charge is 0.576 e. The summed E-state index contributed by atoms with van der Waals surface area (Å²) in [6, 6.07) is 14.7. The van der Waals surface area contributed by atoms with Crippen molar-refractivity contribution in [2.24, 2.45) is 0 Å². The number of rotatable bonds is 8. The zero-order chi connectivity index (χ0) is 14.9. The fourth-order valence-corrected chi connectivity index (χ4v) is 1.95. The Labute approximate surface area is 135 Å². The van der Waals surface area contributed by atoms with Gasteiger partial charge in [-0.2, -0.15) is 0 Å². The molecule has 0 aliphatic rings. The number of ether oxygens (including phenoxy) is 2. The van der Waals surface area contributed by atoms with Gasteiger partial charge in [-0.3, -0.25) is 0 Å². The Hall–Kier alpha value is -1.60. The lowest BCUT2D eigenvalue weighted by molar-refractivity contribution is 0.357. The van der Waals surface area contributed by atoms with Crippen LogP contribution in [0, 0.1) is 0 Å². The first-order chi connectivity index (χ1) is 10.3. The van der Waals surface area contributed by atoms with E-state index in [0.717, 1.165) is 0 Å². The van der Waals surface area contributed by atoms with Crippen LogP contribution >= 0.6 is 25.3 Å². The van der Waals surface area contributed by atoms with Crippen LogP contribution in [-0.4, -0.2) is 19.6 Å². The summed E-state index contributed by atoms with van der Waals surface area (Å²) < 4.78 is 21.8. The summed E-state index contributed by atoms with van der Waals surface area (Å²) in [4.78, 5) is 0. The van der Waals surface area contributed by atoms with Gasteiger partial charge in [0.2, 0.25) is 0 Å². The van der Waals surface area contributed by atoms with Gasteiger partial charge in [-0.1, -0.05) is 24.3 Å². The Morgan fingerprint density at radius 2 is 1.05 bits per heavy atom. The second-order valence-corrected chi connectivity index (χ2v) is 4.36. The molecule has 0 aromatic heterocycles. The van der Waals surface area contributed by atoms with Gasteiger partial charge in [0.15, 0.2) is 11.5 Å². The topological polar surface area (TPSA) is 36.9 Å². The molecule has 0 heterocycles. The first-order valence-electron chi connectivity index (χ1n) is 6.26. The van der Waals surface area contributed by atoms with Crippen molar-refractivity contribution >= 4 is 32.9 Å². The summed E-state index contributed by atoms with van der Waals surface area (Å²) in [5, 5.41) is 0. The molecule has 0 bridgehead atoms. The summed E-state index contributed by atoms with van der Waals surface area (Å²) in [5.41, 5.74) is 0. The Morgan fingerprint density at radius 3 is 1.43 bits per heavy atom. The number of benzene rings is 2. The van der Waals surface area contributed by atoms with E-state index < -0.39 is 0 Å². The van der Waals surface area contributed by atoms with E-state index in [2.05, 4.69) is 25.3 Å². The number of hydrogen-bond donors (Lipinski definition) is 2. The van der Waals surface area contributed by atoms with Crippen LogP contribution in [0.4, 0.5) is 0 Å². The maximum Gasteiger partial charge on any atom is 0.576 e. The molecule has 0 saturated carbocycles. The minimum absolute atomic E-state index is 0.0416. The van der Waals surface area contributed by atoms with Crippen LogP contribution in [0.5, 0.6) is 23.0 Å². The zero-order valence-electron chi connectivity index (χ0n) is 11.3. The zero-order valence-corrected chi connectivity index (χ0v) is 13.1. The number of para-hydroxylation sites is 4. The second-order valence-electron chi connectivity index (χ2n) is 3.85. The van der Waals surface area contributed by atoms with Gasteiger partial charge in [0.05, 0.1) is 0 Å². The average molecular weight is 322 g/mol. The van der Waals surface area contributed by atoms with E-state index in [1.165, 1.54) is 0 Å². The smallest absolute Gasteiger partial charge is 0.526 e. The first-order valence-corrected chi connectivity index (χ1v) is 7.52. The predicted octanol–water partition coefficient (Wildman–Crippen LogP) is 2.94. The third kappa shape index (κ3) is 4.72. The monoisotopic (exact) mass is 322 g/mol. The molecule has 7 heteroatoms. The fourth-order valence-electron chi connectivity index (χ4n) is 1.67. The lowest BCUT2D eigenvalue weighted by Gasteiger charge is -2.13. The molecule has 0 spiro atoms. The minimum Gasteiger partial charge on any atom is -0.526 e. The van der Waals surface area contributed by atoms with Gasteiger partial charge in [0.1, 0.15) is 23.4 Å². The van der Waals surface area contributed by atoms with Gasteiger partial charge in [0.25, 0.3) is 0 Å². The molecule has 0 saturated heterocycles. The normalized spacial score (nSPS) is 9.81. The maximum atomic E-state index is 5.57. The minimum atomic E-state index is 0.0416. The molecule has 4 nitrogen and oxygen atoms in total. The van der Waals surface area contributed by atoms with E-state index in [-0.39, 0.29) is 19.6 Å². The molecule has 0 fully saturated rings. The van der Waals surface area contributed by atoms with E-state index in [4.69, 9.17) is 18.8 Å². The van der Waals surface area contributed by atoms with Crippen LogP contribution in [0.15, 0.2) is 48.5 Å². The van der Waals surface area contributed by atoms with Gasteiger partial charge >= 0.3 is 7.69 Å². The highest BCUT2D eigenvalue weighted by atomic mass is 32.1. The quantitative estimate of drug-likeness (QED) is 0.445. The Balaban J connectivity index is 1.95. The summed E-state index contributed by atoms with van der Waals surface area (Å²) in [7, 11) is 0.0416. The summed E-state index contributed by atoms with van der Waals surface area (Å²) in [5.74, 6) is 2.99. The highest BCUT2D eigenvalue weighted by Gasteiger charge is 2.08. The van der Waals surface area contributed by atoms with Crippen molar-refractivity contribution in [3.8, 4) is 23.0 Å². The Bertz CT molecular complexity index is 519. The van der Waals surface area contributed by atoms with E-state index in [9.17, 15) is 0 Å². The maximum absolute atomic E-state index is 5.57. The summed E-state index contributed by atoms with van der Waals surface area (Å²) >= 11 is 8.06. The van der Waals surface area contributed by atoms with Crippen molar-refractivity contribution in [2.75, 3.05) is 11.9 Å². The van der Waals surface area contributed by atoms with E-state index in [1.54, 1.807) is 12.1 Å². The molecule has 0 aliphatic carbocycles. The highest BCUT2D eigenvalue weighted by molar-refractivity contribution is 7.80. The van der Waals surface area contributed by atoms with Crippen molar-refractivity contribution in [2.45, 2.75) is 0 Å². The van der Waals surface area contributed by atoms with E-state index in [1.807, 2.05) is 36.4 Å². The van der Waals surface area contributed by atoms with Gasteiger partial charge in [0, 0.05) is 0 Å². The molecular weight excluding hydrogens is 307 g/mol. The molecule has 21 heavy (non-hydrogen) atoms. The van der Waals surface area contributed by atoms with Gasteiger partial charge < -0.3 is 18.8 Å². The Kier molecular flexibility index (Phi) is 6.49. The van der Waals surface area contributed by atoms with Crippen LogP contribution < -0.4 is 18.8 Å². The highest BCUT2D eigenvalue weighted by Crippen LogP contribution is 2.28. The molecule has 0 radical (unpaired) electrons. The third-order valence-corrected chi connectivity index (χ3v) is 2.83. The average Bonchev–Trinajstić information content (AvgIpc) is 2.51. The fraction of sp³-hybridized carbons (Fsp3) is 0.143. The van der Waals surface area contributed by atoms with E-state index in [0.29, 0.717) is 23.0 Å². The lowest BCUT2D eigenvalue weighted by Crippen LogP contribution is -2.12. The Morgan fingerprint density at radius 1 is 0.667 bits per heavy atom. The molecule has 0 N–H and O–H groups in total. The standard InChI is InChI=1S/C14H15BO4S2/c20-9-16-11-5-1-3-7-13(11)18-15-19-14-8-4-2-6-12(14)17-10-21/h1-8,15,20-21H,9-10H2. The summed E-state index contributed by atoms with van der Waals surface area (Å²) in [6.45, 7) is 0. The van der Waals surface area contributed by atoms with Crippen LogP contribution in [0.2, 0.25) is 0 Å². The molecule has 2 aromatic rings. The molecule has 0 amide bonds. The molecule has 0 unspecified atom stereocenters. The molecular formula is C14H15BO4S2. The van der Waals surface area contributed by atoms with Crippen LogP contribution in [0.1, 0.15) is 0 Å². The van der Waals surface area contributed by atoms with Crippen LogP contribution in [0.25, 0.3) is 0 Å². The van der Waals surface area contributed by atoms with Crippen molar-refractivity contribution < 1.29 is 18.8 Å². The predicted molar refractivity (Wildman–Crippen MR) is 90.3 cm³/mol. The third-order valence-electron chi connectivity index (χ3n) is 2.57. The number of hydrogen-bond acceptors (Lipinski definition) is 6. The van der Waals surface area contributed by atoms with Gasteiger partial charge in [-0.05, 0) is 24.3 Å². The van der Waals surface area contributed by atoms with Crippen molar-refractivity contribution in [3.05, 3.63) is 48.5 Å². The first kappa shape index (κ1) is 15.8. The lowest BCUT2D eigenvalue weighted by atomic mass is 10.2. The molecule has 2 rings (SSSR count). The van der Waals surface area contributed by atoms with Gasteiger partial charge in [-0.15, -0.1) is 25.3 Å². The van der Waals surface area contributed by atoms with Crippen LogP contribution in [-0.2, 0) is 0 Å². The molecule has 110 valence electrons.